The fourth-order valence-corrected chi connectivity index (χ4v) is 6.47. The van der Waals surface area contributed by atoms with E-state index in [0.717, 1.165) is 49.9 Å². The second kappa shape index (κ2) is 9.15. The van der Waals surface area contributed by atoms with Crippen molar-refractivity contribution in [2.75, 3.05) is 27.1 Å². The lowest BCUT2D eigenvalue weighted by molar-refractivity contribution is 0.133. The Hall–Kier alpha value is -1.51. The Kier molecular flexibility index (Phi) is 7.13. The van der Waals surface area contributed by atoms with E-state index in [2.05, 4.69) is 37.8 Å². The Labute approximate surface area is 188 Å². The highest BCUT2D eigenvalue weighted by Gasteiger charge is 2.49. The molecule has 6 nitrogen and oxygen atoms in total. The first-order valence-electron chi connectivity index (χ1n) is 11.0. The van der Waals surface area contributed by atoms with Gasteiger partial charge in [-0.3, -0.25) is 4.18 Å². The van der Waals surface area contributed by atoms with E-state index in [4.69, 9.17) is 18.1 Å². The monoisotopic (exact) mass is 468 g/mol. The minimum absolute atomic E-state index is 0.189. The Morgan fingerprint density at radius 3 is 2.39 bits per heavy atom. The molecule has 2 aliphatic carbocycles. The van der Waals surface area contributed by atoms with Gasteiger partial charge in [-0.25, -0.2) is 0 Å². The van der Waals surface area contributed by atoms with Crippen LogP contribution in [0, 0.1) is 5.92 Å². The van der Waals surface area contributed by atoms with Gasteiger partial charge in [0.05, 0.1) is 38.3 Å². The fraction of sp³-hybridized carbons (Fsp3) is 0.652. The molecule has 0 aliphatic heterocycles. The van der Waals surface area contributed by atoms with Gasteiger partial charge in [-0.15, -0.1) is 0 Å². The number of rotatable bonds is 8. The molecule has 1 aromatic carbocycles. The van der Waals surface area contributed by atoms with Crippen LogP contribution in [0.25, 0.3) is 0 Å². The predicted octanol–water partition coefficient (Wildman–Crippen LogP) is 4.79. The van der Waals surface area contributed by atoms with Gasteiger partial charge < -0.3 is 13.9 Å². The maximum Gasteiger partial charge on any atom is 0.264 e. The molecule has 1 aromatic rings. The Morgan fingerprint density at radius 2 is 1.77 bits per heavy atom. The van der Waals surface area contributed by atoms with Crippen molar-refractivity contribution in [3.8, 4) is 11.5 Å². The molecule has 1 saturated carbocycles. The number of hydrogen-bond acceptors (Lipinski definition) is 6. The molecule has 0 bridgehead atoms. The van der Waals surface area contributed by atoms with E-state index < -0.39 is 18.4 Å². The van der Waals surface area contributed by atoms with E-state index in [-0.39, 0.29) is 17.9 Å². The average Bonchev–Trinajstić information content (AvgIpc) is 2.68. The SMILES string of the molecule is COc1cc2c(cc1OC)[C@@]1(CCCC[C@H]1CCOS(C)(=O)=O)C(O[Si](C)(C)C)=CC2. The summed E-state index contributed by atoms with van der Waals surface area (Å²) in [5, 5.41) is 0. The molecule has 0 aromatic heterocycles. The van der Waals surface area contributed by atoms with Crippen LogP contribution in [0.1, 0.15) is 43.2 Å². The van der Waals surface area contributed by atoms with Gasteiger partial charge in [0, 0.05) is 0 Å². The zero-order valence-corrected chi connectivity index (χ0v) is 21.4. The molecule has 0 N–H and O–H groups in total. The predicted molar refractivity (Wildman–Crippen MR) is 125 cm³/mol. The van der Waals surface area contributed by atoms with Crippen molar-refractivity contribution in [3.63, 3.8) is 0 Å². The number of methoxy groups -OCH3 is 2. The third-order valence-corrected chi connectivity index (χ3v) is 7.71. The third kappa shape index (κ3) is 5.29. The highest BCUT2D eigenvalue weighted by atomic mass is 32.2. The number of benzene rings is 1. The minimum Gasteiger partial charge on any atom is -0.547 e. The van der Waals surface area contributed by atoms with E-state index in [1.54, 1.807) is 14.2 Å². The van der Waals surface area contributed by atoms with Gasteiger partial charge in [0.2, 0.25) is 8.32 Å². The molecule has 31 heavy (non-hydrogen) atoms. The molecule has 0 amide bonds. The lowest BCUT2D eigenvalue weighted by Gasteiger charge is -2.50. The molecule has 1 spiro atoms. The first-order chi connectivity index (χ1) is 14.5. The normalized spacial score (nSPS) is 23.8. The van der Waals surface area contributed by atoms with Crippen LogP contribution in [0.2, 0.25) is 19.6 Å². The van der Waals surface area contributed by atoms with Crippen molar-refractivity contribution >= 4 is 18.4 Å². The maximum absolute atomic E-state index is 11.6. The summed E-state index contributed by atoms with van der Waals surface area (Å²) in [7, 11) is -2.01. The summed E-state index contributed by atoms with van der Waals surface area (Å²) >= 11 is 0. The largest absolute Gasteiger partial charge is 0.547 e. The maximum atomic E-state index is 11.6. The van der Waals surface area contributed by atoms with Crippen molar-refractivity contribution in [3.05, 3.63) is 35.1 Å². The second-order valence-corrected chi connectivity index (χ2v) is 15.7. The zero-order valence-electron chi connectivity index (χ0n) is 19.6. The molecule has 3 rings (SSSR count). The molecule has 0 saturated heterocycles. The Balaban J connectivity index is 2.11. The second-order valence-electron chi connectivity index (χ2n) is 9.58. The molecule has 0 radical (unpaired) electrons. The average molecular weight is 469 g/mol. The summed E-state index contributed by atoms with van der Waals surface area (Å²) in [6.07, 6.45) is 8.98. The van der Waals surface area contributed by atoms with Crippen LogP contribution in [0.5, 0.6) is 11.5 Å². The summed E-state index contributed by atoms with van der Waals surface area (Å²) in [5.74, 6) is 2.72. The smallest absolute Gasteiger partial charge is 0.264 e. The van der Waals surface area contributed by atoms with E-state index in [1.165, 1.54) is 11.1 Å². The van der Waals surface area contributed by atoms with Gasteiger partial charge in [-0.2, -0.15) is 8.42 Å². The van der Waals surface area contributed by atoms with Crippen LogP contribution >= 0.6 is 0 Å². The van der Waals surface area contributed by atoms with Crippen LogP contribution in [0.4, 0.5) is 0 Å². The Bertz CT molecular complexity index is 934. The number of hydrogen-bond donors (Lipinski definition) is 0. The molecule has 8 heteroatoms. The summed E-state index contributed by atoms with van der Waals surface area (Å²) in [5.41, 5.74) is 2.15. The molecule has 0 unspecified atom stereocenters. The molecule has 2 atom stereocenters. The zero-order chi connectivity index (χ0) is 22.9. The quantitative estimate of drug-likeness (QED) is 0.404. The van der Waals surface area contributed by atoms with Crippen molar-refractivity contribution in [1.29, 1.82) is 0 Å². The minimum atomic E-state index is -3.47. The molecule has 0 heterocycles. The standard InChI is InChI=1S/C23H36O6SSi/c1-26-20-15-17-10-11-22(29-31(4,5)6)23(19(17)16-21(20)27-2)13-8-7-9-18(23)12-14-28-30(3,24)25/h11,15-16,18H,7-10,12-14H2,1-6H3/t18-,23-/m0/s1. The van der Waals surface area contributed by atoms with E-state index >= 15 is 0 Å². The molecule has 1 fully saturated rings. The van der Waals surface area contributed by atoms with Crippen molar-refractivity contribution in [1.82, 2.24) is 0 Å². The molecule has 174 valence electrons. The number of ether oxygens (including phenoxy) is 2. The lowest BCUT2D eigenvalue weighted by Crippen LogP contribution is -2.46. The van der Waals surface area contributed by atoms with Crippen LogP contribution in [0.3, 0.4) is 0 Å². The summed E-state index contributed by atoms with van der Waals surface area (Å²) in [6, 6.07) is 4.20. The van der Waals surface area contributed by atoms with Gasteiger partial charge >= 0.3 is 0 Å². The Morgan fingerprint density at radius 1 is 1.10 bits per heavy atom. The first kappa shape index (κ1) is 24.1. The van der Waals surface area contributed by atoms with Gasteiger partial charge in [0.1, 0.15) is 0 Å². The molecular weight excluding hydrogens is 432 g/mol. The topological polar surface area (TPSA) is 71.1 Å². The van der Waals surface area contributed by atoms with E-state index in [1.807, 2.05) is 0 Å². The van der Waals surface area contributed by atoms with E-state index in [9.17, 15) is 8.42 Å². The van der Waals surface area contributed by atoms with Gasteiger partial charge in [-0.1, -0.05) is 12.8 Å². The molecule has 2 aliphatic rings. The molecular formula is C23H36O6SSi. The highest BCUT2D eigenvalue weighted by molar-refractivity contribution is 7.85. The summed E-state index contributed by atoms with van der Waals surface area (Å²) in [6.45, 7) is 6.80. The van der Waals surface area contributed by atoms with Gasteiger partial charge in [0.25, 0.3) is 10.1 Å². The summed E-state index contributed by atoms with van der Waals surface area (Å²) < 4.78 is 46.2. The van der Waals surface area contributed by atoms with Crippen molar-refractivity contribution in [2.45, 2.75) is 63.6 Å². The summed E-state index contributed by atoms with van der Waals surface area (Å²) in [4.78, 5) is 0. The third-order valence-electron chi connectivity index (χ3n) is 6.29. The fourth-order valence-electron chi connectivity index (χ4n) is 5.14. The van der Waals surface area contributed by atoms with Gasteiger partial charge in [-0.05, 0) is 80.6 Å². The van der Waals surface area contributed by atoms with Crippen LogP contribution in [-0.2, 0) is 30.6 Å². The van der Waals surface area contributed by atoms with Crippen LogP contribution in [-0.4, -0.2) is 43.8 Å². The van der Waals surface area contributed by atoms with Crippen molar-refractivity contribution < 1.29 is 26.5 Å². The van der Waals surface area contributed by atoms with Crippen LogP contribution < -0.4 is 9.47 Å². The number of allylic oxidation sites excluding steroid dienone is 2. The van der Waals surface area contributed by atoms with Crippen LogP contribution in [0.15, 0.2) is 24.0 Å². The van der Waals surface area contributed by atoms with Crippen molar-refractivity contribution in [2.24, 2.45) is 5.92 Å². The highest BCUT2D eigenvalue weighted by Crippen LogP contribution is 2.55. The first-order valence-corrected chi connectivity index (χ1v) is 16.2. The van der Waals surface area contributed by atoms with E-state index in [0.29, 0.717) is 12.2 Å². The number of fused-ring (bicyclic) bond motifs is 2. The lowest BCUT2D eigenvalue weighted by atomic mass is 9.58. The van der Waals surface area contributed by atoms with Gasteiger partial charge in [0.15, 0.2) is 11.5 Å².